The second kappa shape index (κ2) is 9.02. The van der Waals surface area contributed by atoms with E-state index in [4.69, 9.17) is 14.7 Å². The quantitative estimate of drug-likeness (QED) is 0.486. The van der Waals surface area contributed by atoms with E-state index in [1.54, 1.807) is 35.5 Å². The summed E-state index contributed by atoms with van der Waals surface area (Å²) in [7, 11) is 1.60. The zero-order valence-corrected chi connectivity index (χ0v) is 18.4. The summed E-state index contributed by atoms with van der Waals surface area (Å²) in [6.45, 7) is 1.53. The largest absolute Gasteiger partial charge is 0.495 e. The van der Waals surface area contributed by atoms with E-state index in [1.807, 2.05) is 41.8 Å². The zero-order chi connectivity index (χ0) is 20.2. The maximum Gasteiger partial charge on any atom is 0.230 e. The lowest BCUT2D eigenvalue weighted by atomic mass is 10.2. The van der Waals surface area contributed by atoms with Crippen LogP contribution in [0, 0.1) is 0 Å². The molecule has 0 spiro atoms. The number of fused-ring (bicyclic) bond motifs is 1. The maximum absolute atomic E-state index is 12.4. The number of carbonyl (C=O) groups excluding carboxylic acids is 1. The number of ether oxygens (including phenoxy) is 1. The van der Waals surface area contributed by atoms with Gasteiger partial charge in [-0.15, -0.1) is 11.3 Å². The van der Waals surface area contributed by atoms with Gasteiger partial charge in [-0.3, -0.25) is 9.69 Å². The Hall–Kier alpha value is -2.29. The van der Waals surface area contributed by atoms with E-state index in [0.717, 1.165) is 21.5 Å². The third kappa shape index (κ3) is 4.49. The third-order valence-corrected chi connectivity index (χ3v) is 7.42. The standard InChI is InChI=1S/C21H19N3O2S3/c1-14(25)24(18-9-5-6-10-19(18)26-2)20-22-16(12-27-20)13-29-21-23-17-8-4-3-7-15(17)11-28-21/h3-10,12H,11,13H2,1-2H3. The zero-order valence-electron chi connectivity index (χ0n) is 16.0. The van der Waals surface area contributed by atoms with Gasteiger partial charge in [0, 0.05) is 23.8 Å². The molecule has 29 heavy (non-hydrogen) atoms. The molecule has 2 heterocycles. The monoisotopic (exact) mass is 441 g/mol. The number of para-hydroxylation sites is 3. The van der Waals surface area contributed by atoms with Crippen LogP contribution in [0.1, 0.15) is 18.2 Å². The topological polar surface area (TPSA) is 54.8 Å². The molecule has 1 aliphatic heterocycles. The van der Waals surface area contributed by atoms with Crippen molar-refractivity contribution in [1.29, 1.82) is 0 Å². The Morgan fingerprint density at radius 3 is 2.83 bits per heavy atom. The fourth-order valence-corrected chi connectivity index (χ4v) is 5.85. The highest BCUT2D eigenvalue weighted by molar-refractivity contribution is 8.38. The molecule has 3 aromatic rings. The van der Waals surface area contributed by atoms with Gasteiger partial charge in [-0.1, -0.05) is 53.9 Å². The molecule has 1 aliphatic rings. The first-order valence-corrected chi connectivity index (χ1v) is 11.8. The van der Waals surface area contributed by atoms with Crippen LogP contribution in [-0.4, -0.2) is 22.4 Å². The predicted molar refractivity (Wildman–Crippen MR) is 124 cm³/mol. The summed E-state index contributed by atoms with van der Waals surface area (Å²) >= 11 is 4.89. The van der Waals surface area contributed by atoms with Crippen LogP contribution >= 0.6 is 34.9 Å². The third-order valence-electron chi connectivity index (χ3n) is 4.27. The van der Waals surface area contributed by atoms with Crippen LogP contribution in [0.4, 0.5) is 16.5 Å². The van der Waals surface area contributed by atoms with Crippen LogP contribution in [0.25, 0.3) is 0 Å². The first kappa shape index (κ1) is 20.0. The van der Waals surface area contributed by atoms with E-state index < -0.39 is 0 Å². The van der Waals surface area contributed by atoms with E-state index in [2.05, 4.69) is 12.1 Å². The van der Waals surface area contributed by atoms with E-state index in [-0.39, 0.29) is 5.91 Å². The fraction of sp³-hybridized carbons (Fsp3) is 0.190. The average molecular weight is 442 g/mol. The normalized spacial score (nSPS) is 12.8. The smallest absolute Gasteiger partial charge is 0.230 e. The summed E-state index contributed by atoms with van der Waals surface area (Å²) in [6.07, 6.45) is 0. The molecule has 0 fully saturated rings. The number of benzene rings is 2. The number of thioether (sulfide) groups is 2. The summed E-state index contributed by atoms with van der Waals surface area (Å²) in [6, 6.07) is 15.7. The molecule has 0 atom stereocenters. The molecule has 8 heteroatoms. The molecule has 0 saturated carbocycles. The number of hydrogen-bond acceptors (Lipinski definition) is 7. The van der Waals surface area contributed by atoms with Crippen molar-refractivity contribution in [3.05, 3.63) is 65.2 Å². The Morgan fingerprint density at radius 1 is 1.21 bits per heavy atom. The second-order valence-electron chi connectivity index (χ2n) is 6.23. The molecule has 0 unspecified atom stereocenters. The molecule has 148 valence electrons. The summed E-state index contributed by atoms with van der Waals surface area (Å²) in [5.41, 5.74) is 3.94. The van der Waals surface area contributed by atoms with Crippen molar-refractivity contribution in [1.82, 2.24) is 4.98 Å². The number of aromatic nitrogens is 1. The Balaban J connectivity index is 1.50. The summed E-state index contributed by atoms with van der Waals surface area (Å²) in [5, 5.41) is 2.64. The second-order valence-corrected chi connectivity index (χ2v) is 9.25. The van der Waals surface area contributed by atoms with Crippen molar-refractivity contribution in [3.8, 4) is 5.75 Å². The summed E-state index contributed by atoms with van der Waals surface area (Å²) < 4.78 is 6.47. The van der Waals surface area contributed by atoms with Gasteiger partial charge >= 0.3 is 0 Å². The number of amides is 1. The van der Waals surface area contributed by atoms with Gasteiger partial charge in [0.1, 0.15) is 10.1 Å². The predicted octanol–water partition coefficient (Wildman–Crippen LogP) is 6.00. The van der Waals surface area contributed by atoms with Gasteiger partial charge in [0.15, 0.2) is 5.13 Å². The van der Waals surface area contributed by atoms with Gasteiger partial charge in [-0.05, 0) is 23.8 Å². The van der Waals surface area contributed by atoms with Crippen molar-refractivity contribution in [2.24, 2.45) is 4.99 Å². The average Bonchev–Trinajstić information content (AvgIpc) is 3.21. The summed E-state index contributed by atoms with van der Waals surface area (Å²) in [4.78, 5) is 23.4. The first-order chi connectivity index (χ1) is 14.2. The van der Waals surface area contributed by atoms with Crippen molar-refractivity contribution in [3.63, 3.8) is 0 Å². The fourth-order valence-electron chi connectivity index (χ4n) is 2.91. The van der Waals surface area contributed by atoms with Gasteiger partial charge < -0.3 is 4.74 Å². The molecule has 0 radical (unpaired) electrons. The number of carbonyl (C=O) groups is 1. The van der Waals surface area contributed by atoms with Crippen LogP contribution in [0.5, 0.6) is 5.75 Å². The molecule has 0 N–H and O–H groups in total. The maximum atomic E-state index is 12.4. The number of hydrogen-bond donors (Lipinski definition) is 0. The number of rotatable bonds is 5. The van der Waals surface area contributed by atoms with Crippen LogP contribution in [0.3, 0.4) is 0 Å². The number of anilines is 2. The lowest BCUT2D eigenvalue weighted by molar-refractivity contribution is -0.115. The van der Waals surface area contributed by atoms with Crippen LogP contribution in [-0.2, 0) is 16.3 Å². The van der Waals surface area contributed by atoms with Crippen LogP contribution < -0.4 is 9.64 Å². The lowest BCUT2D eigenvalue weighted by Crippen LogP contribution is -2.23. The van der Waals surface area contributed by atoms with Crippen molar-refractivity contribution in [2.75, 3.05) is 12.0 Å². The van der Waals surface area contributed by atoms with Gasteiger partial charge in [-0.2, -0.15) is 0 Å². The van der Waals surface area contributed by atoms with Gasteiger partial charge in [-0.25, -0.2) is 9.98 Å². The van der Waals surface area contributed by atoms with Crippen molar-refractivity contribution in [2.45, 2.75) is 18.4 Å². The van der Waals surface area contributed by atoms with Gasteiger partial charge in [0.25, 0.3) is 0 Å². The molecule has 5 nitrogen and oxygen atoms in total. The van der Waals surface area contributed by atoms with E-state index >= 15 is 0 Å². The SMILES string of the molecule is COc1ccccc1N(C(C)=O)c1nc(CSC2=Nc3ccccc3CS2)cs1. The molecule has 0 bridgehead atoms. The molecule has 1 amide bonds. The molecule has 0 saturated heterocycles. The number of thiazole rings is 1. The number of methoxy groups -OCH3 is 1. The minimum absolute atomic E-state index is 0.105. The Kier molecular flexibility index (Phi) is 6.22. The summed E-state index contributed by atoms with van der Waals surface area (Å²) in [5.74, 6) is 2.19. The highest BCUT2D eigenvalue weighted by Gasteiger charge is 2.21. The lowest BCUT2D eigenvalue weighted by Gasteiger charge is -2.20. The van der Waals surface area contributed by atoms with E-state index in [9.17, 15) is 4.79 Å². The number of nitrogens with zero attached hydrogens (tertiary/aromatic N) is 3. The molecule has 4 rings (SSSR count). The van der Waals surface area contributed by atoms with Crippen molar-refractivity contribution >= 4 is 61.6 Å². The molecule has 1 aromatic heterocycles. The molecular weight excluding hydrogens is 422 g/mol. The Bertz CT molecular complexity index is 1060. The molecule has 2 aromatic carbocycles. The van der Waals surface area contributed by atoms with Crippen molar-refractivity contribution < 1.29 is 9.53 Å². The molecular formula is C21H19N3O2S3. The highest BCUT2D eigenvalue weighted by Crippen LogP contribution is 2.38. The molecule has 0 aliphatic carbocycles. The van der Waals surface area contributed by atoms with E-state index in [1.165, 1.54) is 23.8 Å². The minimum atomic E-state index is -0.105. The Labute approximate surface area is 182 Å². The van der Waals surface area contributed by atoms with Crippen LogP contribution in [0.15, 0.2) is 58.9 Å². The highest BCUT2D eigenvalue weighted by atomic mass is 32.2. The minimum Gasteiger partial charge on any atom is -0.495 e. The van der Waals surface area contributed by atoms with Gasteiger partial charge in [0.2, 0.25) is 5.91 Å². The van der Waals surface area contributed by atoms with E-state index in [0.29, 0.717) is 22.3 Å². The number of aliphatic imine (C=N–C) groups is 1. The van der Waals surface area contributed by atoms with Gasteiger partial charge in [0.05, 0.1) is 24.2 Å². The first-order valence-electron chi connectivity index (χ1n) is 8.96. The van der Waals surface area contributed by atoms with Crippen LogP contribution in [0.2, 0.25) is 0 Å². The Morgan fingerprint density at radius 2 is 2.00 bits per heavy atom.